The molecule has 0 amide bonds. The van der Waals surface area contributed by atoms with Crippen LogP contribution in [-0.4, -0.2) is 19.4 Å². The van der Waals surface area contributed by atoms with E-state index in [1.54, 1.807) is 37.3 Å². The number of benzene rings is 1. The highest BCUT2D eigenvalue weighted by atomic mass is 16.7. The first-order valence-corrected chi connectivity index (χ1v) is 5.22. The summed E-state index contributed by atoms with van der Waals surface area (Å²) in [6.45, 7) is 2.16. The van der Waals surface area contributed by atoms with Crippen molar-refractivity contribution < 1.29 is 14.3 Å². The van der Waals surface area contributed by atoms with Crippen molar-refractivity contribution in [2.75, 3.05) is 13.2 Å². The predicted octanol–water partition coefficient (Wildman–Crippen LogP) is 2.74. The van der Waals surface area contributed by atoms with Gasteiger partial charge in [0.1, 0.15) is 6.61 Å². The maximum Gasteiger partial charge on any atom is 0.508 e. The third kappa shape index (κ3) is 4.85. The minimum Gasteiger partial charge on any atom is -0.435 e. The van der Waals surface area contributed by atoms with Gasteiger partial charge < -0.3 is 9.47 Å². The van der Waals surface area contributed by atoms with Crippen LogP contribution in [0, 0.1) is 11.3 Å². The highest BCUT2D eigenvalue weighted by Crippen LogP contribution is 2.05. The lowest BCUT2D eigenvalue weighted by Gasteiger charge is -2.00. The van der Waals surface area contributed by atoms with Crippen molar-refractivity contribution in [2.24, 2.45) is 0 Å². The summed E-state index contributed by atoms with van der Waals surface area (Å²) in [5.41, 5.74) is 1.48. The Morgan fingerprint density at radius 3 is 3.00 bits per heavy atom. The molecular weight excluding hydrogens is 218 g/mol. The maximum absolute atomic E-state index is 10.8. The van der Waals surface area contributed by atoms with Gasteiger partial charge in [-0.1, -0.05) is 18.2 Å². The van der Waals surface area contributed by atoms with Gasteiger partial charge in [-0.25, -0.2) is 4.79 Å². The molecule has 0 heterocycles. The van der Waals surface area contributed by atoms with Gasteiger partial charge in [-0.15, -0.1) is 0 Å². The molecule has 0 aromatic heterocycles. The summed E-state index contributed by atoms with van der Waals surface area (Å²) in [5.74, 6) is 0. The Morgan fingerprint density at radius 2 is 2.29 bits per heavy atom. The molecule has 0 spiro atoms. The van der Waals surface area contributed by atoms with Gasteiger partial charge in [-0.3, -0.25) is 0 Å². The van der Waals surface area contributed by atoms with Crippen LogP contribution in [0.1, 0.15) is 18.1 Å². The van der Waals surface area contributed by atoms with Crippen molar-refractivity contribution >= 4 is 12.2 Å². The monoisotopic (exact) mass is 231 g/mol. The van der Waals surface area contributed by atoms with Gasteiger partial charge in [-0.05, 0) is 30.7 Å². The van der Waals surface area contributed by atoms with E-state index in [-0.39, 0.29) is 6.61 Å². The first-order valence-electron chi connectivity index (χ1n) is 5.22. The van der Waals surface area contributed by atoms with E-state index in [2.05, 4.69) is 10.8 Å². The molecule has 0 fully saturated rings. The predicted molar refractivity (Wildman–Crippen MR) is 63.2 cm³/mol. The van der Waals surface area contributed by atoms with E-state index in [0.29, 0.717) is 12.2 Å². The Morgan fingerprint density at radius 1 is 1.47 bits per heavy atom. The third-order valence-electron chi connectivity index (χ3n) is 1.89. The fraction of sp³-hybridized carbons (Fsp3) is 0.231. The fourth-order valence-electron chi connectivity index (χ4n) is 1.17. The summed E-state index contributed by atoms with van der Waals surface area (Å²) in [6, 6.07) is 9.19. The fourth-order valence-corrected chi connectivity index (χ4v) is 1.17. The molecule has 0 aliphatic carbocycles. The van der Waals surface area contributed by atoms with Gasteiger partial charge in [0.05, 0.1) is 18.2 Å². The second-order valence-corrected chi connectivity index (χ2v) is 3.13. The van der Waals surface area contributed by atoms with Crippen LogP contribution in [-0.2, 0) is 9.47 Å². The molecule has 1 aromatic rings. The van der Waals surface area contributed by atoms with E-state index in [9.17, 15) is 4.79 Å². The molecule has 0 bridgehead atoms. The molecule has 0 aliphatic heterocycles. The van der Waals surface area contributed by atoms with Crippen LogP contribution in [0.2, 0.25) is 0 Å². The summed E-state index contributed by atoms with van der Waals surface area (Å²) in [5, 5.41) is 8.71. The quantitative estimate of drug-likeness (QED) is 0.747. The molecule has 0 atom stereocenters. The van der Waals surface area contributed by atoms with E-state index in [4.69, 9.17) is 10.00 Å². The molecule has 88 valence electrons. The Balaban J connectivity index is 2.43. The van der Waals surface area contributed by atoms with Crippen LogP contribution < -0.4 is 0 Å². The van der Waals surface area contributed by atoms with Crippen molar-refractivity contribution in [3.8, 4) is 6.07 Å². The highest BCUT2D eigenvalue weighted by Gasteiger charge is 1.98. The Labute approximate surface area is 100 Å². The molecule has 0 radical (unpaired) electrons. The van der Waals surface area contributed by atoms with Gasteiger partial charge >= 0.3 is 6.16 Å². The number of hydrogen-bond acceptors (Lipinski definition) is 4. The summed E-state index contributed by atoms with van der Waals surface area (Å²) in [4.78, 5) is 10.8. The average molecular weight is 231 g/mol. The average Bonchev–Trinajstić information content (AvgIpc) is 2.35. The van der Waals surface area contributed by atoms with Crippen molar-refractivity contribution in [1.82, 2.24) is 0 Å². The van der Waals surface area contributed by atoms with Crippen LogP contribution in [0.25, 0.3) is 6.08 Å². The zero-order valence-electron chi connectivity index (χ0n) is 9.55. The zero-order valence-corrected chi connectivity index (χ0v) is 9.55. The summed E-state index contributed by atoms with van der Waals surface area (Å²) in [6.07, 6.45) is 2.79. The minimum absolute atomic E-state index is 0.148. The number of nitriles is 1. The van der Waals surface area contributed by atoms with Gasteiger partial charge in [0.2, 0.25) is 0 Å². The van der Waals surface area contributed by atoms with E-state index < -0.39 is 6.16 Å². The van der Waals surface area contributed by atoms with Crippen molar-refractivity contribution in [3.63, 3.8) is 0 Å². The molecule has 0 unspecified atom stereocenters. The van der Waals surface area contributed by atoms with Crippen LogP contribution in [0.4, 0.5) is 4.79 Å². The molecule has 4 heteroatoms. The highest BCUT2D eigenvalue weighted by molar-refractivity contribution is 5.60. The number of carbonyl (C=O) groups excluding carboxylic acids is 1. The van der Waals surface area contributed by atoms with Gasteiger partial charge in [0, 0.05) is 0 Å². The summed E-state index contributed by atoms with van der Waals surface area (Å²) >= 11 is 0. The molecule has 0 saturated heterocycles. The summed E-state index contributed by atoms with van der Waals surface area (Å²) < 4.78 is 9.34. The van der Waals surface area contributed by atoms with Gasteiger partial charge in [0.15, 0.2) is 0 Å². The number of nitrogens with zero attached hydrogens (tertiary/aromatic N) is 1. The number of rotatable bonds is 4. The van der Waals surface area contributed by atoms with Gasteiger partial charge in [0.25, 0.3) is 0 Å². The largest absolute Gasteiger partial charge is 0.508 e. The van der Waals surface area contributed by atoms with E-state index in [1.165, 1.54) is 0 Å². The summed E-state index contributed by atoms with van der Waals surface area (Å²) in [7, 11) is 0. The van der Waals surface area contributed by atoms with Crippen molar-refractivity contribution in [2.45, 2.75) is 6.92 Å². The molecular formula is C13H13NO3. The Kier molecular flexibility index (Phi) is 5.32. The third-order valence-corrected chi connectivity index (χ3v) is 1.89. The first-order chi connectivity index (χ1) is 8.26. The second-order valence-electron chi connectivity index (χ2n) is 3.13. The Hall–Kier alpha value is -2.28. The molecule has 0 N–H and O–H groups in total. The van der Waals surface area contributed by atoms with Crippen LogP contribution in [0.15, 0.2) is 30.3 Å². The molecule has 1 rings (SSSR count). The number of carbonyl (C=O) groups is 1. The van der Waals surface area contributed by atoms with Crippen molar-refractivity contribution in [3.05, 3.63) is 41.5 Å². The topological polar surface area (TPSA) is 59.3 Å². The Bertz CT molecular complexity index is 446. The van der Waals surface area contributed by atoms with Crippen LogP contribution in [0.3, 0.4) is 0 Å². The second kappa shape index (κ2) is 7.07. The standard InChI is InChI=1S/C13H13NO3/c1-2-16-13(15)17-8-4-7-11-5-3-6-12(9-11)10-14/h3-7,9H,2,8H2,1H3/b7-4+. The normalized spacial score (nSPS) is 9.88. The number of hydrogen-bond donors (Lipinski definition) is 0. The molecule has 0 aliphatic rings. The maximum atomic E-state index is 10.8. The minimum atomic E-state index is -0.678. The lowest BCUT2D eigenvalue weighted by Crippen LogP contribution is -2.06. The van der Waals surface area contributed by atoms with Gasteiger partial charge in [-0.2, -0.15) is 5.26 Å². The lowest BCUT2D eigenvalue weighted by atomic mass is 10.1. The van der Waals surface area contributed by atoms with Crippen LogP contribution in [0.5, 0.6) is 0 Å². The van der Waals surface area contributed by atoms with E-state index >= 15 is 0 Å². The van der Waals surface area contributed by atoms with Crippen LogP contribution >= 0.6 is 0 Å². The SMILES string of the molecule is CCOC(=O)OC/C=C/c1cccc(C#N)c1. The molecule has 0 saturated carbocycles. The molecule has 1 aromatic carbocycles. The molecule has 17 heavy (non-hydrogen) atoms. The van der Waals surface area contributed by atoms with E-state index in [0.717, 1.165) is 5.56 Å². The molecule has 4 nitrogen and oxygen atoms in total. The first kappa shape index (κ1) is 12.8. The van der Waals surface area contributed by atoms with Crippen molar-refractivity contribution in [1.29, 1.82) is 5.26 Å². The van der Waals surface area contributed by atoms with E-state index in [1.807, 2.05) is 6.07 Å². The zero-order chi connectivity index (χ0) is 12.5. The smallest absolute Gasteiger partial charge is 0.435 e. The lowest BCUT2D eigenvalue weighted by molar-refractivity contribution is 0.0674. The number of ether oxygens (including phenoxy) is 2.